The Bertz CT molecular complexity index is 124. The average molecular weight is 163 g/mol. The molecular formula is C6H11O3S-. The van der Waals surface area contributed by atoms with Crippen molar-refractivity contribution in [2.45, 2.75) is 25.9 Å². The molecule has 10 heavy (non-hydrogen) atoms. The molecule has 0 aromatic rings. The van der Waals surface area contributed by atoms with E-state index in [1.165, 1.54) is 0 Å². The first-order valence-electron chi connectivity index (χ1n) is 3.04. The molecule has 0 aliphatic carbocycles. The number of rotatable bonds is 5. The van der Waals surface area contributed by atoms with E-state index in [0.29, 0.717) is 6.42 Å². The third kappa shape index (κ3) is 5.94. The van der Waals surface area contributed by atoms with Crippen LogP contribution >= 0.6 is 0 Å². The summed E-state index contributed by atoms with van der Waals surface area (Å²) < 4.78 is 24.3. The standard InChI is InChI=1S/C6H12O3S/c1-3-4-5-6(2)9-10(7)8/h3,6H,1,4-5H2,2H3,(H,7,8)/p-1. The normalized spacial score (nSPS) is 16.2. The highest BCUT2D eigenvalue weighted by Crippen LogP contribution is 2.02. The molecule has 0 aliphatic heterocycles. The first-order valence-corrected chi connectivity index (χ1v) is 4.04. The van der Waals surface area contributed by atoms with Crippen molar-refractivity contribution in [3.05, 3.63) is 12.7 Å². The van der Waals surface area contributed by atoms with Crippen molar-refractivity contribution in [1.29, 1.82) is 0 Å². The fourth-order valence-electron chi connectivity index (χ4n) is 0.535. The Balaban J connectivity index is 3.33. The monoisotopic (exact) mass is 163 g/mol. The zero-order valence-electron chi connectivity index (χ0n) is 5.91. The SMILES string of the molecule is C=CCCC(C)OS(=O)[O-]. The second kappa shape index (κ2) is 5.58. The average Bonchev–Trinajstić information content (AvgIpc) is 1.82. The van der Waals surface area contributed by atoms with Gasteiger partial charge in [-0.3, -0.25) is 4.18 Å². The molecule has 2 atom stereocenters. The molecule has 0 aromatic heterocycles. The van der Waals surface area contributed by atoms with E-state index < -0.39 is 11.4 Å². The van der Waals surface area contributed by atoms with E-state index in [2.05, 4.69) is 10.8 Å². The summed E-state index contributed by atoms with van der Waals surface area (Å²) in [5.41, 5.74) is 0. The summed E-state index contributed by atoms with van der Waals surface area (Å²) in [5, 5.41) is 0. The van der Waals surface area contributed by atoms with Gasteiger partial charge in [0.15, 0.2) is 0 Å². The Kier molecular flexibility index (Phi) is 5.48. The molecule has 0 bridgehead atoms. The fourth-order valence-corrected chi connectivity index (χ4v) is 0.899. The Hall–Kier alpha value is -0.190. The first-order chi connectivity index (χ1) is 4.66. The first kappa shape index (κ1) is 9.81. The van der Waals surface area contributed by atoms with Gasteiger partial charge in [-0.2, -0.15) is 0 Å². The molecule has 0 saturated heterocycles. The van der Waals surface area contributed by atoms with E-state index in [-0.39, 0.29) is 6.10 Å². The van der Waals surface area contributed by atoms with Crippen molar-refractivity contribution < 1.29 is 12.9 Å². The molecule has 0 fully saturated rings. The van der Waals surface area contributed by atoms with Crippen LogP contribution in [0.3, 0.4) is 0 Å². The zero-order valence-corrected chi connectivity index (χ0v) is 6.73. The highest BCUT2D eigenvalue weighted by molar-refractivity contribution is 7.74. The number of hydrogen-bond donors (Lipinski definition) is 0. The van der Waals surface area contributed by atoms with Crippen molar-refractivity contribution >= 4 is 11.4 Å². The van der Waals surface area contributed by atoms with Crippen LogP contribution in [0.2, 0.25) is 0 Å². The molecule has 3 nitrogen and oxygen atoms in total. The maximum atomic E-state index is 9.92. The molecule has 0 N–H and O–H groups in total. The van der Waals surface area contributed by atoms with Crippen molar-refractivity contribution in [2.75, 3.05) is 0 Å². The van der Waals surface area contributed by atoms with Gasteiger partial charge in [0.2, 0.25) is 0 Å². The van der Waals surface area contributed by atoms with Gasteiger partial charge in [0.1, 0.15) is 0 Å². The summed E-state index contributed by atoms with van der Waals surface area (Å²) in [6, 6.07) is 0. The van der Waals surface area contributed by atoms with Crippen LogP contribution in [0.5, 0.6) is 0 Å². The van der Waals surface area contributed by atoms with Crippen LogP contribution < -0.4 is 0 Å². The van der Waals surface area contributed by atoms with E-state index in [1.807, 2.05) is 0 Å². The van der Waals surface area contributed by atoms with Crippen molar-refractivity contribution in [3.8, 4) is 0 Å². The van der Waals surface area contributed by atoms with Gasteiger partial charge in [-0.05, 0) is 19.8 Å². The second-order valence-electron chi connectivity index (χ2n) is 1.98. The molecular weight excluding hydrogens is 152 g/mol. The summed E-state index contributed by atoms with van der Waals surface area (Å²) in [6.07, 6.45) is 2.96. The van der Waals surface area contributed by atoms with Gasteiger partial charge in [0, 0.05) is 0 Å². The van der Waals surface area contributed by atoms with Crippen LogP contribution in [-0.2, 0) is 15.5 Å². The predicted octanol–water partition coefficient (Wildman–Crippen LogP) is 1.15. The highest BCUT2D eigenvalue weighted by Gasteiger charge is 1.99. The maximum absolute atomic E-state index is 9.92. The van der Waals surface area contributed by atoms with Crippen molar-refractivity contribution in [2.24, 2.45) is 0 Å². The quantitative estimate of drug-likeness (QED) is 0.451. The Labute approximate surface area is 63.6 Å². The summed E-state index contributed by atoms with van der Waals surface area (Å²) in [4.78, 5) is 0. The molecule has 0 aromatic carbocycles. The van der Waals surface area contributed by atoms with E-state index in [1.54, 1.807) is 13.0 Å². The van der Waals surface area contributed by atoms with Gasteiger partial charge in [0.05, 0.1) is 17.5 Å². The molecule has 0 radical (unpaired) electrons. The topological polar surface area (TPSA) is 49.4 Å². The highest BCUT2D eigenvalue weighted by atomic mass is 32.2. The van der Waals surface area contributed by atoms with Gasteiger partial charge in [0.25, 0.3) is 0 Å². The molecule has 4 heteroatoms. The molecule has 0 aliphatic rings. The lowest BCUT2D eigenvalue weighted by Crippen LogP contribution is -2.09. The van der Waals surface area contributed by atoms with Gasteiger partial charge in [-0.25, -0.2) is 4.21 Å². The second-order valence-corrected chi connectivity index (χ2v) is 2.58. The lowest BCUT2D eigenvalue weighted by Gasteiger charge is -2.12. The van der Waals surface area contributed by atoms with Gasteiger partial charge < -0.3 is 4.55 Å². The molecule has 0 saturated carbocycles. The van der Waals surface area contributed by atoms with Crippen LogP contribution in [0.4, 0.5) is 0 Å². The van der Waals surface area contributed by atoms with Gasteiger partial charge in [-0.1, -0.05) is 6.08 Å². The largest absolute Gasteiger partial charge is 0.750 e. The Morgan fingerprint density at radius 3 is 2.90 bits per heavy atom. The molecule has 0 rings (SSSR count). The van der Waals surface area contributed by atoms with Crippen molar-refractivity contribution in [1.82, 2.24) is 0 Å². The molecule has 0 amide bonds. The molecule has 2 unspecified atom stereocenters. The molecule has 60 valence electrons. The summed E-state index contributed by atoms with van der Waals surface area (Å²) in [5.74, 6) is 0. The fraction of sp³-hybridized carbons (Fsp3) is 0.667. The molecule has 0 heterocycles. The van der Waals surface area contributed by atoms with Gasteiger partial charge in [-0.15, -0.1) is 6.58 Å². The van der Waals surface area contributed by atoms with Crippen LogP contribution in [0.1, 0.15) is 19.8 Å². The van der Waals surface area contributed by atoms with Crippen molar-refractivity contribution in [3.63, 3.8) is 0 Å². The van der Waals surface area contributed by atoms with Gasteiger partial charge >= 0.3 is 0 Å². The lowest BCUT2D eigenvalue weighted by atomic mass is 10.2. The summed E-state index contributed by atoms with van der Waals surface area (Å²) in [7, 11) is 0. The van der Waals surface area contributed by atoms with Crippen LogP contribution in [0, 0.1) is 0 Å². The summed E-state index contributed by atoms with van der Waals surface area (Å²) in [6.45, 7) is 5.21. The van der Waals surface area contributed by atoms with E-state index in [0.717, 1.165) is 6.42 Å². The molecule has 0 spiro atoms. The number of allylic oxidation sites excluding steroid dienone is 1. The van der Waals surface area contributed by atoms with Crippen LogP contribution in [0.25, 0.3) is 0 Å². The third-order valence-corrected chi connectivity index (χ3v) is 1.51. The Morgan fingerprint density at radius 1 is 1.90 bits per heavy atom. The van der Waals surface area contributed by atoms with E-state index >= 15 is 0 Å². The third-order valence-electron chi connectivity index (χ3n) is 1.02. The minimum Gasteiger partial charge on any atom is -0.750 e. The zero-order chi connectivity index (χ0) is 7.98. The minimum atomic E-state index is -2.38. The lowest BCUT2D eigenvalue weighted by molar-refractivity contribution is 0.210. The summed E-state index contributed by atoms with van der Waals surface area (Å²) >= 11 is -2.38. The van der Waals surface area contributed by atoms with Crippen LogP contribution in [0.15, 0.2) is 12.7 Å². The predicted molar refractivity (Wildman–Crippen MR) is 38.9 cm³/mol. The van der Waals surface area contributed by atoms with E-state index in [4.69, 9.17) is 0 Å². The Morgan fingerprint density at radius 2 is 2.50 bits per heavy atom. The minimum absolute atomic E-state index is 0.240. The van der Waals surface area contributed by atoms with Crippen LogP contribution in [-0.4, -0.2) is 14.9 Å². The maximum Gasteiger partial charge on any atom is 0.0844 e. The smallest absolute Gasteiger partial charge is 0.0844 e. The number of hydrogen-bond acceptors (Lipinski definition) is 3. The van der Waals surface area contributed by atoms with E-state index in [9.17, 15) is 8.76 Å².